The van der Waals surface area contributed by atoms with E-state index in [1.165, 1.54) is 89.9 Å². The van der Waals surface area contributed by atoms with Gasteiger partial charge in [-0.05, 0) is 12.8 Å². The van der Waals surface area contributed by atoms with Gasteiger partial charge in [0.25, 0.3) is 0 Å². The zero-order valence-corrected chi connectivity index (χ0v) is 22.1. The number of hydrogen-bond donors (Lipinski definition) is 0. The molecule has 4 nitrogen and oxygen atoms in total. The van der Waals surface area contributed by atoms with Gasteiger partial charge in [0.1, 0.15) is 0 Å². The minimum atomic E-state index is -2.62. The predicted molar refractivity (Wildman–Crippen MR) is 128 cm³/mol. The van der Waals surface area contributed by atoms with Crippen LogP contribution in [0.2, 0.25) is 0 Å². The lowest BCUT2D eigenvalue weighted by Crippen LogP contribution is -2.67. The van der Waals surface area contributed by atoms with Gasteiger partial charge >= 0.3 is 8.80 Å². The fourth-order valence-electron chi connectivity index (χ4n) is 4.70. The van der Waals surface area contributed by atoms with Crippen molar-refractivity contribution in [1.82, 2.24) is 0 Å². The topological polar surface area (TPSA) is 27.7 Å². The Balaban J connectivity index is 3.85. The molecule has 0 saturated carbocycles. The van der Waals surface area contributed by atoms with Gasteiger partial charge in [0, 0.05) is 27.8 Å². The summed E-state index contributed by atoms with van der Waals surface area (Å²) in [5.74, 6) is 0. The molecule has 1 atom stereocenters. The second kappa shape index (κ2) is 17.7. The van der Waals surface area contributed by atoms with Crippen LogP contribution in [0.4, 0.5) is 0 Å². The predicted octanol–water partition coefficient (Wildman–Crippen LogP) is 6.74. The molecule has 0 amide bonds. The minimum Gasteiger partial charge on any atom is -0.373 e. The molecule has 0 rings (SSSR count). The fraction of sp³-hybridized carbons (Fsp3) is 1.00. The van der Waals surface area contributed by atoms with E-state index in [0.717, 1.165) is 17.4 Å². The normalized spacial score (nSPS) is 13.8. The van der Waals surface area contributed by atoms with Gasteiger partial charge < -0.3 is 17.8 Å². The summed E-state index contributed by atoms with van der Waals surface area (Å²) in [4.78, 5) is 0. The second-order valence-corrected chi connectivity index (χ2v) is 12.3. The summed E-state index contributed by atoms with van der Waals surface area (Å²) in [6.07, 6.45) is 20.7. The average Bonchev–Trinajstić information content (AvgIpc) is 2.72. The molecule has 0 aromatic rings. The minimum absolute atomic E-state index is 0.282. The van der Waals surface area contributed by atoms with E-state index in [4.69, 9.17) is 13.3 Å². The molecule has 0 spiro atoms. The summed E-state index contributed by atoms with van der Waals surface area (Å²) in [5.41, 5.74) is 0.282. The van der Waals surface area contributed by atoms with Crippen LogP contribution in [0.15, 0.2) is 0 Å². The first-order chi connectivity index (χ1) is 13.9. The fourth-order valence-corrected chi connectivity index (χ4v) is 7.50. The first-order valence-electron chi connectivity index (χ1n) is 12.4. The number of unbranched alkanes of at least 4 members (excludes halogenated alkanes) is 13. The Morgan fingerprint density at radius 2 is 0.931 bits per heavy atom. The summed E-state index contributed by atoms with van der Waals surface area (Å²) >= 11 is 0. The quantitative estimate of drug-likeness (QED) is 0.114. The molecule has 0 N–H and O–H groups in total. The van der Waals surface area contributed by atoms with Gasteiger partial charge in [0.15, 0.2) is 5.67 Å². The maximum Gasteiger partial charge on any atom is 0.561 e. The van der Waals surface area contributed by atoms with Crippen LogP contribution in [0.25, 0.3) is 0 Å². The van der Waals surface area contributed by atoms with E-state index in [1.807, 2.05) is 0 Å². The molecule has 0 aromatic carbocycles. The zero-order valence-electron chi connectivity index (χ0n) is 21.1. The first kappa shape index (κ1) is 29.1. The molecule has 0 aliphatic carbocycles. The van der Waals surface area contributed by atoms with E-state index in [-0.39, 0.29) is 5.67 Å². The highest BCUT2D eigenvalue weighted by Crippen LogP contribution is 2.25. The monoisotopic (exact) mass is 432 g/mol. The van der Waals surface area contributed by atoms with Crippen molar-refractivity contribution >= 4 is 8.80 Å². The van der Waals surface area contributed by atoms with E-state index in [9.17, 15) is 0 Å². The summed E-state index contributed by atoms with van der Waals surface area (Å²) in [7, 11) is 7.18. The molecular weight excluding hydrogens is 378 g/mol. The molecule has 5 heteroatoms. The second-order valence-electron chi connectivity index (χ2n) is 9.24. The SMILES string of the molecule is CCCCCCCCCCCCCCCC[N+](C)(C)C(CC)[Si](OC)(OC)OC. The molecule has 0 heterocycles. The smallest absolute Gasteiger partial charge is 0.373 e. The summed E-state index contributed by atoms with van der Waals surface area (Å²) in [6, 6.07) is 0. The molecule has 0 fully saturated rings. The molecule has 0 radical (unpaired) electrons. The molecule has 29 heavy (non-hydrogen) atoms. The van der Waals surface area contributed by atoms with Gasteiger partial charge in [-0.3, -0.25) is 0 Å². The lowest BCUT2D eigenvalue weighted by atomic mass is 10.0. The highest BCUT2D eigenvalue weighted by molar-refractivity contribution is 6.62. The Morgan fingerprint density at radius 1 is 0.586 bits per heavy atom. The van der Waals surface area contributed by atoms with Crippen molar-refractivity contribution in [1.29, 1.82) is 0 Å². The Kier molecular flexibility index (Phi) is 17.7. The third-order valence-corrected chi connectivity index (χ3v) is 10.2. The average molecular weight is 433 g/mol. The molecule has 0 bridgehead atoms. The van der Waals surface area contributed by atoms with E-state index in [0.29, 0.717) is 0 Å². The van der Waals surface area contributed by atoms with Crippen LogP contribution in [0.3, 0.4) is 0 Å². The number of quaternary nitrogens is 1. The highest BCUT2D eigenvalue weighted by Gasteiger charge is 2.55. The molecule has 176 valence electrons. The van der Waals surface area contributed by atoms with Crippen LogP contribution in [0.1, 0.15) is 110 Å². The van der Waals surface area contributed by atoms with Crippen LogP contribution in [0.5, 0.6) is 0 Å². The van der Waals surface area contributed by atoms with Gasteiger partial charge in [0.05, 0.1) is 20.6 Å². The largest absolute Gasteiger partial charge is 0.561 e. The van der Waals surface area contributed by atoms with Crippen molar-refractivity contribution in [3.05, 3.63) is 0 Å². The van der Waals surface area contributed by atoms with E-state index in [2.05, 4.69) is 27.9 Å². The van der Waals surface area contributed by atoms with Crippen molar-refractivity contribution in [3.8, 4) is 0 Å². The Morgan fingerprint density at radius 3 is 1.24 bits per heavy atom. The van der Waals surface area contributed by atoms with E-state index < -0.39 is 8.80 Å². The van der Waals surface area contributed by atoms with Gasteiger partial charge in [-0.2, -0.15) is 0 Å². The van der Waals surface area contributed by atoms with Crippen molar-refractivity contribution in [2.24, 2.45) is 0 Å². The van der Waals surface area contributed by atoms with Gasteiger partial charge in [-0.1, -0.05) is 90.9 Å². The Hall–Kier alpha value is 0.0569. The number of rotatable bonds is 21. The lowest BCUT2D eigenvalue weighted by Gasteiger charge is -2.43. The number of nitrogens with zero attached hydrogens (tertiary/aromatic N) is 1. The van der Waals surface area contributed by atoms with Crippen molar-refractivity contribution in [2.45, 2.75) is 116 Å². The Labute approximate surface area is 184 Å². The molecule has 1 unspecified atom stereocenters. The summed E-state index contributed by atoms with van der Waals surface area (Å²) < 4.78 is 18.2. The molecule has 0 aliphatic heterocycles. The van der Waals surface area contributed by atoms with E-state index in [1.54, 1.807) is 21.3 Å². The van der Waals surface area contributed by atoms with Crippen LogP contribution >= 0.6 is 0 Å². The van der Waals surface area contributed by atoms with Crippen LogP contribution in [-0.2, 0) is 13.3 Å². The zero-order chi connectivity index (χ0) is 22.0. The van der Waals surface area contributed by atoms with E-state index >= 15 is 0 Å². The Bertz CT molecular complexity index is 354. The lowest BCUT2D eigenvalue weighted by molar-refractivity contribution is -0.906. The van der Waals surface area contributed by atoms with Crippen molar-refractivity contribution in [3.63, 3.8) is 0 Å². The molecule has 0 aromatic heterocycles. The van der Waals surface area contributed by atoms with Gasteiger partial charge in [0.2, 0.25) is 0 Å². The highest BCUT2D eigenvalue weighted by atomic mass is 28.4. The summed E-state index contributed by atoms with van der Waals surface area (Å²) in [6.45, 7) is 5.66. The maximum absolute atomic E-state index is 5.78. The van der Waals surface area contributed by atoms with Crippen molar-refractivity contribution in [2.75, 3.05) is 42.0 Å². The molecule has 0 saturated heterocycles. The van der Waals surface area contributed by atoms with Crippen LogP contribution in [0, 0.1) is 0 Å². The third kappa shape index (κ3) is 11.9. The maximum atomic E-state index is 5.78. The number of hydrogen-bond acceptors (Lipinski definition) is 3. The van der Waals surface area contributed by atoms with Crippen LogP contribution in [-0.4, -0.2) is 60.9 Å². The van der Waals surface area contributed by atoms with Gasteiger partial charge in [-0.25, -0.2) is 0 Å². The molecular formula is C24H54NO3Si+. The van der Waals surface area contributed by atoms with Crippen LogP contribution < -0.4 is 0 Å². The third-order valence-electron chi connectivity index (χ3n) is 6.58. The van der Waals surface area contributed by atoms with Crippen molar-refractivity contribution < 1.29 is 17.8 Å². The first-order valence-corrected chi connectivity index (χ1v) is 14.2. The summed E-state index contributed by atoms with van der Waals surface area (Å²) in [5, 5.41) is 0. The standard InChI is InChI=1S/C24H54NO3Si/c1-8-10-11-12-13-14-15-16-17-18-19-20-21-22-23-25(3,4)24(9-2)29(26-5,27-6)28-7/h24H,8-23H2,1-7H3/q+1. The molecule has 0 aliphatic rings. The van der Waals surface area contributed by atoms with Gasteiger partial charge in [-0.15, -0.1) is 0 Å².